The molecule has 1 fully saturated rings. The van der Waals surface area contributed by atoms with E-state index in [0.29, 0.717) is 6.04 Å². The van der Waals surface area contributed by atoms with Crippen LogP contribution in [0.15, 0.2) is 0 Å². The van der Waals surface area contributed by atoms with Crippen molar-refractivity contribution >= 4 is 7.71 Å². The summed E-state index contributed by atoms with van der Waals surface area (Å²) in [6.45, 7) is 0. The van der Waals surface area contributed by atoms with Gasteiger partial charge in [0.2, 0.25) is 0 Å². The third-order valence-electron chi connectivity index (χ3n) is 1.22. The minimum Gasteiger partial charge on any atom is -0.324 e. The Labute approximate surface area is 44.4 Å². The summed E-state index contributed by atoms with van der Waals surface area (Å²) >= 11 is 0. The van der Waals surface area contributed by atoms with Gasteiger partial charge in [0.15, 0.2) is 7.71 Å². The minimum atomic E-state index is -0.379. The third-order valence-corrected chi connectivity index (χ3v) is 2.93. The Morgan fingerprint density at radius 1 is 1.71 bits per heavy atom. The highest BCUT2D eigenvalue weighted by Gasteiger charge is 2.24. The van der Waals surface area contributed by atoms with Crippen molar-refractivity contribution in [1.29, 1.82) is 5.16 Å². The van der Waals surface area contributed by atoms with Gasteiger partial charge in [-0.3, -0.25) is 0 Å². The number of hydrogen-bond acceptors (Lipinski definition) is 2. The van der Waals surface area contributed by atoms with E-state index in [9.17, 15) is 0 Å². The first kappa shape index (κ1) is 5.20. The molecule has 7 heavy (non-hydrogen) atoms. The third kappa shape index (κ3) is 1.22. The highest BCUT2D eigenvalue weighted by atomic mass is 31.1. The van der Waals surface area contributed by atoms with Crippen LogP contribution in [0.25, 0.3) is 0 Å². The maximum absolute atomic E-state index is 7.25. The summed E-state index contributed by atoms with van der Waals surface area (Å²) in [5.74, 6) is 0. The van der Waals surface area contributed by atoms with Gasteiger partial charge in [0.05, 0.1) is 6.04 Å². The Balaban J connectivity index is 2.40. The molecule has 0 aromatic rings. The smallest absolute Gasteiger partial charge is 0.197 e. The molecule has 3 heteroatoms. The molecule has 0 radical (unpaired) electrons. The van der Waals surface area contributed by atoms with Gasteiger partial charge in [-0.1, -0.05) is 0 Å². The van der Waals surface area contributed by atoms with Crippen LogP contribution in [0, 0.1) is 5.16 Å². The van der Waals surface area contributed by atoms with Crippen LogP contribution in [0.4, 0.5) is 0 Å². The van der Waals surface area contributed by atoms with Gasteiger partial charge in [0.25, 0.3) is 0 Å². The van der Waals surface area contributed by atoms with E-state index >= 15 is 0 Å². The average Bonchev–Trinajstić information content (AvgIpc) is 1.87. The fraction of sp³-hybridized carbons (Fsp3) is 1.00. The molecule has 0 aromatic carbocycles. The second-order valence-corrected chi connectivity index (χ2v) is 3.89. The van der Waals surface area contributed by atoms with Crippen molar-refractivity contribution in [3.8, 4) is 0 Å². The Bertz CT molecular complexity index is 91.7. The van der Waals surface area contributed by atoms with Crippen LogP contribution < -0.4 is 5.73 Å². The monoisotopic (exact) mass is 117 g/mol. The molecule has 1 aliphatic heterocycles. The van der Waals surface area contributed by atoms with Gasteiger partial charge in [-0.2, -0.15) is 0 Å². The maximum Gasteiger partial charge on any atom is 0.197 e. The van der Waals surface area contributed by atoms with Crippen molar-refractivity contribution in [1.82, 2.24) is 0 Å². The fourth-order valence-electron chi connectivity index (χ4n) is 0.787. The van der Waals surface area contributed by atoms with E-state index in [0.717, 1.165) is 18.7 Å². The van der Waals surface area contributed by atoms with Crippen LogP contribution in [-0.2, 0) is 0 Å². The number of rotatable bonds is 0. The summed E-state index contributed by atoms with van der Waals surface area (Å²) < 4.78 is 0. The molecule has 0 amide bonds. The highest BCUT2D eigenvalue weighted by Crippen LogP contribution is 2.30. The van der Waals surface area contributed by atoms with Gasteiger partial charge in [-0.05, 0) is 0 Å². The van der Waals surface area contributed by atoms with E-state index in [1.54, 1.807) is 0 Å². The van der Waals surface area contributed by atoms with Gasteiger partial charge in [0.1, 0.15) is 12.3 Å². The summed E-state index contributed by atoms with van der Waals surface area (Å²) in [5, 5.41) is 7.25. The lowest BCUT2D eigenvalue weighted by molar-refractivity contribution is 0.759. The van der Waals surface area contributed by atoms with E-state index in [2.05, 4.69) is 0 Å². The maximum atomic E-state index is 7.25. The van der Waals surface area contributed by atoms with Crippen LogP contribution in [0.3, 0.4) is 0 Å². The highest BCUT2D eigenvalue weighted by molar-refractivity contribution is 7.46. The molecular formula is C4H10N2P+. The SMILES string of the molecule is N=[P+]1CCC(N)C1. The first-order valence-electron chi connectivity index (χ1n) is 2.51. The normalized spacial score (nSPS) is 36.7. The molecule has 0 bridgehead atoms. The van der Waals surface area contributed by atoms with Crippen LogP contribution in [-0.4, -0.2) is 18.4 Å². The van der Waals surface area contributed by atoms with Crippen molar-refractivity contribution in [2.75, 3.05) is 12.3 Å². The van der Waals surface area contributed by atoms with E-state index in [1.165, 1.54) is 0 Å². The number of nitrogens with two attached hydrogens (primary N) is 1. The van der Waals surface area contributed by atoms with Crippen LogP contribution >= 0.6 is 7.71 Å². The number of hydrogen-bond donors (Lipinski definition) is 2. The predicted octanol–water partition coefficient (Wildman–Crippen LogP) is 0.962. The lowest BCUT2D eigenvalue weighted by atomic mass is 10.3. The molecule has 40 valence electrons. The molecule has 2 atom stereocenters. The topological polar surface area (TPSA) is 49.9 Å². The summed E-state index contributed by atoms with van der Waals surface area (Å²) in [6.07, 6.45) is 3.15. The van der Waals surface area contributed by atoms with Gasteiger partial charge in [0, 0.05) is 6.42 Å². The van der Waals surface area contributed by atoms with Crippen molar-refractivity contribution in [2.45, 2.75) is 12.5 Å². The zero-order valence-electron chi connectivity index (χ0n) is 4.22. The molecule has 0 aliphatic carbocycles. The Morgan fingerprint density at radius 2 is 2.43 bits per heavy atom. The zero-order valence-corrected chi connectivity index (χ0v) is 5.12. The molecule has 1 heterocycles. The Hall–Kier alpha value is 0.0600. The van der Waals surface area contributed by atoms with E-state index in [-0.39, 0.29) is 7.71 Å². The Morgan fingerprint density at radius 3 is 2.57 bits per heavy atom. The second-order valence-electron chi connectivity index (χ2n) is 1.99. The molecule has 0 saturated carbocycles. The standard InChI is InChI=1S/C4H10N2P/c5-4-1-2-7(6)3-4/h4,6H,1-3,5H2/q+1. The molecule has 2 unspecified atom stereocenters. The van der Waals surface area contributed by atoms with Crippen molar-refractivity contribution in [2.24, 2.45) is 5.73 Å². The van der Waals surface area contributed by atoms with Crippen molar-refractivity contribution in [3.63, 3.8) is 0 Å². The summed E-state index contributed by atoms with van der Waals surface area (Å²) in [4.78, 5) is 0. The summed E-state index contributed by atoms with van der Waals surface area (Å²) in [6, 6.07) is 0.364. The second kappa shape index (κ2) is 1.89. The largest absolute Gasteiger partial charge is 0.324 e. The molecule has 0 aromatic heterocycles. The quantitative estimate of drug-likeness (QED) is 0.456. The zero-order chi connectivity index (χ0) is 5.28. The van der Waals surface area contributed by atoms with Gasteiger partial charge < -0.3 is 5.73 Å². The average molecular weight is 117 g/mol. The number of nitrogens with one attached hydrogen (secondary N) is 1. The van der Waals surface area contributed by atoms with Crippen molar-refractivity contribution in [3.05, 3.63) is 0 Å². The van der Waals surface area contributed by atoms with Gasteiger partial charge >= 0.3 is 0 Å². The molecule has 0 spiro atoms. The molecule has 1 aliphatic rings. The summed E-state index contributed by atoms with van der Waals surface area (Å²) in [5.41, 5.74) is 5.52. The van der Waals surface area contributed by atoms with E-state index in [1.807, 2.05) is 0 Å². The Kier molecular flexibility index (Phi) is 1.40. The van der Waals surface area contributed by atoms with Crippen molar-refractivity contribution < 1.29 is 0 Å². The fourth-order valence-corrected chi connectivity index (χ4v) is 2.36. The van der Waals surface area contributed by atoms with Crippen LogP contribution in [0.2, 0.25) is 0 Å². The predicted molar refractivity (Wildman–Crippen MR) is 32.0 cm³/mol. The van der Waals surface area contributed by atoms with Crippen LogP contribution in [0.5, 0.6) is 0 Å². The molecular weight excluding hydrogens is 107 g/mol. The first-order valence-corrected chi connectivity index (χ1v) is 4.22. The molecule has 2 nitrogen and oxygen atoms in total. The first-order chi connectivity index (χ1) is 3.29. The molecule has 1 rings (SSSR count). The van der Waals surface area contributed by atoms with Crippen LogP contribution in [0.1, 0.15) is 6.42 Å². The van der Waals surface area contributed by atoms with E-state index in [4.69, 9.17) is 10.9 Å². The minimum absolute atomic E-state index is 0.364. The van der Waals surface area contributed by atoms with Gasteiger partial charge in [-0.25, -0.2) is 0 Å². The van der Waals surface area contributed by atoms with E-state index < -0.39 is 0 Å². The van der Waals surface area contributed by atoms with Gasteiger partial charge in [-0.15, -0.1) is 5.16 Å². The lowest BCUT2D eigenvalue weighted by Crippen LogP contribution is -2.17. The molecule has 1 saturated heterocycles. The molecule has 3 N–H and O–H groups in total. The lowest BCUT2D eigenvalue weighted by Gasteiger charge is -1.86. The summed E-state index contributed by atoms with van der Waals surface area (Å²) in [7, 11) is -0.379.